The van der Waals surface area contributed by atoms with E-state index in [0.717, 1.165) is 31.2 Å². The molecule has 0 radical (unpaired) electrons. The van der Waals surface area contributed by atoms with Crippen LogP contribution >= 0.6 is 0 Å². The Kier molecular flexibility index (Phi) is 7.51. The van der Waals surface area contributed by atoms with E-state index < -0.39 is 0 Å². The van der Waals surface area contributed by atoms with Gasteiger partial charge in [0.15, 0.2) is 0 Å². The highest BCUT2D eigenvalue weighted by atomic mass is 16.5. The number of anilines is 1. The van der Waals surface area contributed by atoms with E-state index >= 15 is 0 Å². The van der Waals surface area contributed by atoms with E-state index in [1.165, 1.54) is 6.42 Å². The monoisotopic (exact) mass is 490 g/mol. The van der Waals surface area contributed by atoms with Crippen molar-refractivity contribution in [1.82, 2.24) is 15.1 Å². The Bertz CT molecular complexity index is 1090. The summed E-state index contributed by atoms with van der Waals surface area (Å²) < 4.78 is 6.30. The molecular formula is C28H34N4O4. The lowest BCUT2D eigenvalue weighted by Crippen LogP contribution is -2.46. The molecule has 36 heavy (non-hydrogen) atoms. The van der Waals surface area contributed by atoms with E-state index in [2.05, 4.69) is 5.32 Å². The number of nitrogens with one attached hydrogen (secondary N) is 1. The molecule has 8 heteroatoms. The maximum Gasteiger partial charge on any atom is 0.321 e. The number of benzene rings is 2. The Morgan fingerprint density at radius 3 is 2.53 bits per heavy atom. The molecule has 8 nitrogen and oxygen atoms in total. The smallest absolute Gasteiger partial charge is 0.321 e. The SMILES string of the molecule is O=C(c1cccc(N2CCNC2=O)c1)N1CC(=O)N(C2CCCCC2)C[C@@H](OCc2ccccc2)C1. The molecule has 2 aliphatic heterocycles. The first kappa shape index (κ1) is 24.3. The van der Waals surface area contributed by atoms with Gasteiger partial charge in [0.1, 0.15) is 6.54 Å². The number of nitrogens with zero attached hydrogens (tertiary/aromatic N) is 3. The van der Waals surface area contributed by atoms with Crippen molar-refractivity contribution in [2.75, 3.05) is 37.6 Å². The average Bonchev–Trinajstić information content (AvgIpc) is 3.28. The molecule has 1 atom stereocenters. The van der Waals surface area contributed by atoms with Crippen LogP contribution in [0.5, 0.6) is 0 Å². The lowest BCUT2D eigenvalue weighted by Gasteiger charge is -2.34. The van der Waals surface area contributed by atoms with Crippen LogP contribution in [0.15, 0.2) is 54.6 Å². The highest BCUT2D eigenvalue weighted by molar-refractivity contribution is 5.99. The largest absolute Gasteiger partial charge is 0.370 e. The zero-order valence-corrected chi connectivity index (χ0v) is 20.6. The van der Waals surface area contributed by atoms with Gasteiger partial charge in [-0.2, -0.15) is 0 Å². The van der Waals surface area contributed by atoms with Crippen LogP contribution in [0.2, 0.25) is 0 Å². The van der Waals surface area contributed by atoms with Crippen LogP contribution in [0, 0.1) is 0 Å². The number of ether oxygens (including phenoxy) is 1. The summed E-state index contributed by atoms with van der Waals surface area (Å²) in [6, 6.07) is 17.1. The standard InChI is InChI=1S/C28H34N4O4/c33-26-19-30(27(34)22-10-7-13-24(16-22)31-15-14-29-28(31)35)17-25(36-20-21-8-3-1-4-9-21)18-32(26)23-11-5-2-6-12-23/h1,3-4,7-10,13,16,23,25H,2,5-6,11-12,14-15,17-20H2,(H,29,35)/t25-/m0/s1. The zero-order valence-electron chi connectivity index (χ0n) is 20.6. The number of carbonyl (C=O) groups excluding carboxylic acids is 3. The summed E-state index contributed by atoms with van der Waals surface area (Å²) in [5.74, 6) is -0.236. The third-order valence-corrected chi connectivity index (χ3v) is 7.36. The van der Waals surface area contributed by atoms with Crippen LogP contribution in [-0.4, -0.2) is 72.5 Å². The number of hydrogen-bond donors (Lipinski definition) is 1. The van der Waals surface area contributed by atoms with E-state index in [0.29, 0.717) is 44.0 Å². The van der Waals surface area contributed by atoms with E-state index in [1.807, 2.05) is 41.3 Å². The maximum atomic E-state index is 13.6. The van der Waals surface area contributed by atoms with Crippen LogP contribution in [-0.2, 0) is 16.1 Å². The molecule has 0 bridgehead atoms. The molecule has 1 aliphatic carbocycles. The summed E-state index contributed by atoms with van der Waals surface area (Å²) in [6.45, 7) is 2.44. The van der Waals surface area contributed by atoms with E-state index in [-0.39, 0.29) is 36.5 Å². The fraction of sp³-hybridized carbons (Fsp3) is 0.464. The zero-order chi connectivity index (χ0) is 24.9. The number of urea groups is 1. The van der Waals surface area contributed by atoms with Crippen molar-refractivity contribution in [2.45, 2.75) is 50.9 Å². The highest BCUT2D eigenvalue weighted by Crippen LogP contribution is 2.26. The van der Waals surface area contributed by atoms with E-state index in [1.54, 1.807) is 28.0 Å². The second kappa shape index (κ2) is 11.1. The predicted molar refractivity (Wildman–Crippen MR) is 137 cm³/mol. The summed E-state index contributed by atoms with van der Waals surface area (Å²) in [6.07, 6.45) is 5.20. The summed E-state index contributed by atoms with van der Waals surface area (Å²) in [4.78, 5) is 44.4. The first-order chi connectivity index (χ1) is 17.6. The Hall–Kier alpha value is -3.39. The molecule has 1 saturated carbocycles. The fourth-order valence-corrected chi connectivity index (χ4v) is 5.44. The molecule has 0 aromatic heterocycles. The van der Waals surface area contributed by atoms with Gasteiger partial charge < -0.3 is 19.9 Å². The molecule has 0 spiro atoms. The van der Waals surface area contributed by atoms with Crippen molar-refractivity contribution >= 4 is 23.5 Å². The quantitative estimate of drug-likeness (QED) is 0.673. The van der Waals surface area contributed by atoms with Gasteiger partial charge in [-0.15, -0.1) is 0 Å². The van der Waals surface area contributed by atoms with Gasteiger partial charge in [0.2, 0.25) is 5.91 Å². The van der Waals surface area contributed by atoms with Gasteiger partial charge in [-0.05, 0) is 36.6 Å². The molecule has 5 rings (SSSR count). The topological polar surface area (TPSA) is 82.2 Å². The molecule has 3 fully saturated rings. The van der Waals surface area contributed by atoms with Crippen LogP contribution in [0.4, 0.5) is 10.5 Å². The first-order valence-electron chi connectivity index (χ1n) is 13.0. The minimum atomic E-state index is -0.282. The molecule has 2 heterocycles. The van der Waals surface area contributed by atoms with Crippen molar-refractivity contribution in [3.8, 4) is 0 Å². The predicted octanol–water partition coefficient (Wildman–Crippen LogP) is 3.42. The second-order valence-corrected chi connectivity index (χ2v) is 9.88. The van der Waals surface area contributed by atoms with Gasteiger partial charge in [0, 0.05) is 43.5 Å². The molecule has 4 amide bonds. The third-order valence-electron chi connectivity index (χ3n) is 7.36. The first-order valence-corrected chi connectivity index (χ1v) is 13.0. The summed E-state index contributed by atoms with van der Waals surface area (Å²) >= 11 is 0. The molecule has 2 aromatic carbocycles. The van der Waals surface area contributed by atoms with Crippen LogP contribution in [0.25, 0.3) is 0 Å². The van der Waals surface area contributed by atoms with Crippen molar-refractivity contribution < 1.29 is 19.1 Å². The van der Waals surface area contributed by atoms with E-state index in [9.17, 15) is 14.4 Å². The van der Waals surface area contributed by atoms with Gasteiger partial charge in [-0.1, -0.05) is 55.7 Å². The number of hydrogen-bond acceptors (Lipinski definition) is 4. The number of carbonyl (C=O) groups is 3. The summed E-state index contributed by atoms with van der Waals surface area (Å²) in [5, 5.41) is 2.79. The van der Waals surface area contributed by atoms with Crippen molar-refractivity contribution in [2.24, 2.45) is 0 Å². The van der Waals surface area contributed by atoms with Gasteiger partial charge in [-0.3, -0.25) is 14.5 Å². The lowest BCUT2D eigenvalue weighted by molar-refractivity contribution is -0.134. The van der Waals surface area contributed by atoms with E-state index in [4.69, 9.17) is 4.74 Å². The third kappa shape index (κ3) is 5.54. The average molecular weight is 491 g/mol. The number of amides is 4. The summed E-state index contributed by atoms with van der Waals surface area (Å²) in [5.41, 5.74) is 2.21. The minimum Gasteiger partial charge on any atom is -0.370 e. The number of rotatable bonds is 6. The normalized spacial score (nSPS) is 21.4. The van der Waals surface area contributed by atoms with Crippen molar-refractivity contribution in [3.63, 3.8) is 0 Å². The Morgan fingerprint density at radius 1 is 0.972 bits per heavy atom. The minimum absolute atomic E-state index is 0.0175. The molecule has 3 aliphatic rings. The van der Waals surface area contributed by atoms with Crippen LogP contribution < -0.4 is 10.2 Å². The molecule has 2 aromatic rings. The molecule has 1 N–H and O–H groups in total. The Labute approximate surface area is 212 Å². The maximum absolute atomic E-state index is 13.6. The molecule has 2 saturated heterocycles. The summed E-state index contributed by atoms with van der Waals surface area (Å²) in [7, 11) is 0. The van der Waals surface area contributed by atoms with Gasteiger partial charge in [0.25, 0.3) is 5.91 Å². The van der Waals surface area contributed by atoms with Crippen LogP contribution in [0.1, 0.15) is 48.0 Å². The van der Waals surface area contributed by atoms with Crippen LogP contribution in [0.3, 0.4) is 0 Å². The van der Waals surface area contributed by atoms with Gasteiger partial charge in [0.05, 0.1) is 12.7 Å². The highest BCUT2D eigenvalue weighted by Gasteiger charge is 2.35. The molecule has 190 valence electrons. The molecule has 0 unspecified atom stereocenters. The second-order valence-electron chi connectivity index (χ2n) is 9.88. The molecular weight excluding hydrogens is 456 g/mol. The van der Waals surface area contributed by atoms with Crippen molar-refractivity contribution in [3.05, 3.63) is 65.7 Å². The van der Waals surface area contributed by atoms with Gasteiger partial charge in [-0.25, -0.2) is 4.79 Å². The van der Waals surface area contributed by atoms with Crippen molar-refractivity contribution in [1.29, 1.82) is 0 Å². The fourth-order valence-electron chi connectivity index (χ4n) is 5.44. The van der Waals surface area contributed by atoms with Gasteiger partial charge >= 0.3 is 6.03 Å². The Morgan fingerprint density at radius 2 is 1.78 bits per heavy atom. The lowest BCUT2D eigenvalue weighted by atomic mass is 9.94. The Balaban J connectivity index is 1.35.